The Hall–Kier alpha value is -3.24. The minimum absolute atomic E-state index is 0.0313. The van der Waals surface area contributed by atoms with Crippen LogP contribution < -0.4 is 15.5 Å². The molecular formula is C19H15F6N3O2. The third-order valence-electron chi connectivity index (χ3n) is 4.37. The Morgan fingerprint density at radius 1 is 0.933 bits per heavy atom. The van der Waals surface area contributed by atoms with Crippen molar-refractivity contribution in [1.82, 2.24) is 5.32 Å². The van der Waals surface area contributed by atoms with Gasteiger partial charge in [-0.3, -0.25) is 4.79 Å². The molecule has 160 valence electrons. The van der Waals surface area contributed by atoms with Gasteiger partial charge in [0.25, 0.3) is 0 Å². The first-order valence-electron chi connectivity index (χ1n) is 8.66. The first-order chi connectivity index (χ1) is 13.9. The minimum atomic E-state index is -5.03. The van der Waals surface area contributed by atoms with Gasteiger partial charge in [-0.25, -0.2) is 4.79 Å². The van der Waals surface area contributed by atoms with E-state index in [-0.39, 0.29) is 24.9 Å². The van der Waals surface area contributed by atoms with Crippen LogP contribution in [0.2, 0.25) is 0 Å². The Morgan fingerprint density at radius 2 is 1.50 bits per heavy atom. The molecule has 1 unspecified atom stereocenters. The summed E-state index contributed by atoms with van der Waals surface area (Å²) in [6.07, 6.45) is -10.1. The number of para-hydroxylation sites is 1. The van der Waals surface area contributed by atoms with Crippen molar-refractivity contribution in [2.24, 2.45) is 0 Å². The number of rotatable bonds is 3. The van der Waals surface area contributed by atoms with E-state index in [1.54, 1.807) is 30.3 Å². The summed E-state index contributed by atoms with van der Waals surface area (Å²) in [5.74, 6) is -0.273. The highest BCUT2D eigenvalue weighted by molar-refractivity contribution is 5.97. The van der Waals surface area contributed by atoms with Gasteiger partial charge in [0.15, 0.2) is 0 Å². The van der Waals surface area contributed by atoms with Crippen molar-refractivity contribution in [3.05, 3.63) is 59.7 Å². The molecule has 1 heterocycles. The molecule has 30 heavy (non-hydrogen) atoms. The molecule has 1 atom stereocenters. The van der Waals surface area contributed by atoms with Crippen LogP contribution in [-0.2, 0) is 17.1 Å². The first kappa shape index (κ1) is 21.5. The second kappa shape index (κ2) is 7.88. The van der Waals surface area contributed by atoms with E-state index in [0.29, 0.717) is 17.8 Å². The van der Waals surface area contributed by atoms with Gasteiger partial charge in [0.05, 0.1) is 17.2 Å². The number of alkyl halides is 6. The van der Waals surface area contributed by atoms with E-state index in [4.69, 9.17) is 0 Å². The third kappa shape index (κ3) is 5.02. The molecule has 2 aromatic carbocycles. The van der Waals surface area contributed by atoms with Crippen molar-refractivity contribution < 1.29 is 35.9 Å². The van der Waals surface area contributed by atoms with Crippen molar-refractivity contribution >= 4 is 23.3 Å². The lowest BCUT2D eigenvalue weighted by molar-refractivity contribution is -0.143. The van der Waals surface area contributed by atoms with E-state index in [2.05, 4.69) is 5.32 Å². The second-order valence-corrected chi connectivity index (χ2v) is 6.63. The lowest BCUT2D eigenvalue weighted by Gasteiger charge is -2.18. The van der Waals surface area contributed by atoms with Crippen LogP contribution in [-0.4, -0.2) is 24.5 Å². The van der Waals surface area contributed by atoms with Crippen LogP contribution in [0.5, 0.6) is 0 Å². The predicted molar refractivity (Wildman–Crippen MR) is 95.8 cm³/mol. The summed E-state index contributed by atoms with van der Waals surface area (Å²) in [5, 5.41) is 4.38. The van der Waals surface area contributed by atoms with E-state index >= 15 is 0 Å². The van der Waals surface area contributed by atoms with Crippen LogP contribution in [0.25, 0.3) is 0 Å². The number of halogens is 6. The van der Waals surface area contributed by atoms with Crippen molar-refractivity contribution in [3.8, 4) is 0 Å². The number of nitrogens with one attached hydrogen (secondary N) is 2. The molecule has 0 spiro atoms. The standard InChI is InChI=1S/C19H15F6N3O2/c20-18(21,22)11-6-12(19(23,24)25)8-13(7-11)26-17(30)27-14-9-16(29)28(10-14)15-4-2-1-3-5-15/h1-8,14H,9-10H2,(H2,26,27,30). The fourth-order valence-electron chi connectivity index (χ4n) is 3.04. The van der Waals surface area contributed by atoms with Crippen molar-refractivity contribution in [2.75, 3.05) is 16.8 Å². The van der Waals surface area contributed by atoms with Gasteiger partial charge in [0, 0.05) is 24.3 Å². The number of amides is 3. The van der Waals surface area contributed by atoms with Crippen molar-refractivity contribution in [1.29, 1.82) is 0 Å². The van der Waals surface area contributed by atoms with E-state index < -0.39 is 41.2 Å². The zero-order chi connectivity index (χ0) is 22.1. The summed E-state index contributed by atoms with van der Waals surface area (Å²) < 4.78 is 77.5. The molecule has 1 aliphatic heterocycles. The molecule has 1 saturated heterocycles. The van der Waals surface area contributed by atoms with Gasteiger partial charge < -0.3 is 15.5 Å². The topological polar surface area (TPSA) is 61.4 Å². The van der Waals surface area contributed by atoms with Crippen molar-refractivity contribution in [2.45, 2.75) is 24.8 Å². The van der Waals surface area contributed by atoms with Gasteiger partial charge >= 0.3 is 18.4 Å². The maximum absolute atomic E-state index is 12.9. The maximum Gasteiger partial charge on any atom is 0.416 e. The highest BCUT2D eigenvalue weighted by atomic mass is 19.4. The zero-order valence-corrected chi connectivity index (χ0v) is 15.1. The zero-order valence-electron chi connectivity index (χ0n) is 15.1. The van der Waals surface area contributed by atoms with Gasteiger partial charge in [-0.05, 0) is 30.3 Å². The SMILES string of the molecule is O=C(Nc1cc(C(F)(F)F)cc(C(F)(F)F)c1)NC1CC(=O)N(c2ccccc2)C1. The van der Waals surface area contributed by atoms with Crippen molar-refractivity contribution in [3.63, 3.8) is 0 Å². The van der Waals surface area contributed by atoms with Gasteiger partial charge in [0.2, 0.25) is 5.91 Å². The Bertz CT molecular complexity index is 911. The van der Waals surface area contributed by atoms with Crippen LogP contribution in [0, 0.1) is 0 Å². The number of hydrogen-bond donors (Lipinski definition) is 2. The molecule has 11 heteroatoms. The smallest absolute Gasteiger partial charge is 0.333 e. The Labute approximate surface area is 166 Å². The number of urea groups is 1. The first-order valence-corrected chi connectivity index (χ1v) is 8.66. The van der Waals surface area contributed by atoms with Gasteiger partial charge in [0.1, 0.15) is 0 Å². The predicted octanol–water partition coefficient (Wildman–Crippen LogP) is 4.65. The molecule has 0 saturated carbocycles. The molecule has 0 aliphatic carbocycles. The van der Waals surface area contributed by atoms with E-state index in [0.717, 1.165) is 0 Å². The highest BCUT2D eigenvalue weighted by Gasteiger charge is 2.37. The normalized spacial score (nSPS) is 17.2. The summed E-state index contributed by atoms with van der Waals surface area (Å²) >= 11 is 0. The van der Waals surface area contributed by atoms with Crippen LogP contribution in [0.4, 0.5) is 42.5 Å². The minimum Gasteiger partial charge on any atom is -0.333 e. The average Bonchev–Trinajstić information content (AvgIpc) is 3.00. The maximum atomic E-state index is 12.9. The van der Waals surface area contributed by atoms with Crippen LogP contribution >= 0.6 is 0 Å². The van der Waals surface area contributed by atoms with E-state index in [1.807, 2.05) is 5.32 Å². The highest BCUT2D eigenvalue weighted by Crippen LogP contribution is 2.37. The number of carbonyl (C=O) groups is 2. The van der Waals surface area contributed by atoms with Gasteiger partial charge in [-0.1, -0.05) is 18.2 Å². The monoisotopic (exact) mass is 431 g/mol. The summed E-state index contributed by atoms with van der Waals surface area (Å²) in [4.78, 5) is 25.7. The second-order valence-electron chi connectivity index (χ2n) is 6.63. The lowest BCUT2D eigenvalue weighted by Crippen LogP contribution is -2.39. The molecule has 3 amide bonds. The van der Waals surface area contributed by atoms with E-state index in [1.165, 1.54) is 4.90 Å². The third-order valence-corrected chi connectivity index (χ3v) is 4.37. The van der Waals surface area contributed by atoms with Gasteiger partial charge in [-0.15, -0.1) is 0 Å². The Kier molecular flexibility index (Phi) is 5.64. The largest absolute Gasteiger partial charge is 0.416 e. The van der Waals surface area contributed by atoms with Crippen LogP contribution in [0.3, 0.4) is 0 Å². The molecule has 2 N–H and O–H groups in total. The quantitative estimate of drug-likeness (QED) is 0.695. The summed E-state index contributed by atoms with van der Waals surface area (Å²) in [5.41, 5.74) is -3.14. The molecular weight excluding hydrogens is 416 g/mol. The summed E-state index contributed by atoms with van der Waals surface area (Å²) in [6.45, 7) is 0.118. The molecule has 0 radical (unpaired) electrons. The number of nitrogens with zero attached hydrogens (tertiary/aromatic N) is 1. The van der Waals surface area contributed by atoms with Crippen LogP contribution in [0.1, 0.15) is 17.5 Å². The molecule has 0 bridgehead atoms. The Balaban J connectivity index is 1.71. The molecule has 0 aromatic heterocycles. The number of anilines is 2. The van der Waals surface area contributed by atoms with E-state index in [9.17, 15) is 35.9 Å². The fraction of sp³-hybridized carbons (Fsp3) is 0.263. The average molecular weight is 431 g/mol. The molecule has 1 fully saturated rings. The Morgan fingerprint density at radius 3 is 2.03 bits per heavy atom. The number of benzene rings is 2. The number of carbonyl (C=O) groups excluding carboxylic acids is 2. The summed E-state index contributed by atoms with van der Waals surface area (Å²) in [6, 6.07) is 7.71. The van der Waals surface area contributed by atoms with Crippen LogP contribution in [0.15, 0.2) is 48.5 Å². The molecule has 1 aliphatic rings. The molecule has 3 rings (SSSR count). The lowest BCUT2D eigenvalue weighted by atomic mass is 10.1. The molecule has 2 aromatic rings. The molecule has 5 nitrogen and oxygen atoms in total. The number of hydrogen-bond acceptors (Lipinski definition) is 2. The fourth-order valence-corrected chi connectivity index (χ4v) is 3.04. The van der Waals surface area contributed by atoms with Gasteiger partial charge in [-0.2, -0.15) is 26.3 Å². The summed E-state index contributed by atoms with van der Waals surface area (Å²) in [7, 11) is 0.